The molecule has 2 aromatic rings. The Morgan fingerprint density at radius 2 is 2.38 bits per heavy atom. The minimum Gasteiger partial charge on any atom is -0.452 e. The molecule has 0 unspecified atom stereocenters. The van der Waals surface area contributed by atoms with Gasteiger partial charge in [0.25, 0.3) is 0 Å². The van der Waals surface area contributed by atoms with Crippen LogP contribution in [0.4, 0.5) is 5.82 Å². The van der Waals surface area contributed by atoms with Crippen LogP contribution in [0.25, 0.3) is 0 Å². The average molecular weight is 243 g/mol. The number of furan rings is 1. The molecular weight excluding hydrogens is 236 g/mol. The number of nitrogens with two attached hydrogens (primary N) is 1. The molecule has 13 heavy (non-hydrogen) atoms. The fourth-order valence-electron chi connectivity index (χ4n) is 0.963. The third-order valence-electron chi connectivity index (χ3n) is 1.48. The Labute approximate surface area is 82.7 Å². The van der Waals surface area contributed by atoms with E-state index in [0.717, 1.165) is 5.76 Å². The summed E-state index contributed by atoms with van der Waals surface area (Å²) in [6.45, 7) is 0.489. The summed E-state index contributed by atoms with van der Waals surface area (Å²) in [4.78, 5) is 1.47. The van der Waals surface area contributed by atoms with Crippen molar-refractivity contribution in [2.24, 2.45) is 0 Å². The zero-order chi connectivity index (χ0) is 9.26. The van der Waals surface area contributed by atoms with Crippen LogP contribution >= 0.6 is 15.9 Å². The van der Waals surface area contributed by atoms with Crippen LogP contribution in [-0.4, -0.2) is 15.0 Å². The van der Waals surface area contributed by atoms with Crippen molar-refractivity contribution in [2.75, 3.05) is 5.73 Å². The van der Waals surface area contributed by atoms with E-state index in [1.807, 2.05) is 12.1 Å². The molecule has 0 aromatic carbocycles. The lowest BCUT2D eigenvalue weighted by molar-refractivity contribution is 0.444. The van der Waals surface area contributed by atoms with Gasteiger partial charge >= 0.3 is 0 Å². The summed E-state index contributed by atoms with van der Waals surface area (Å²) in [5, 5.41) is 7.85. The van der Waals surface area contributed by atoms with E-state index in [4.69, 9.17) is 10.2 Å². The van der Waals surface area contributed by atoms with Gasteiger partial charge in [-0.3, -0.25) is 0 Å². The molecule has 0 spiro atoms. The van der Waals surface area contributed by atoms with Gasteiger partial charge in [0, 0.05) is 0 Å². The first kappa shape index (κ1) is 8.31. The third kappa shape index (κ3) is 1.89. The summed E-state index contributed by atoms with van der Waals surface area (Å²) in [5.74, 6) is 1.19. The molecule has 0 bridgehead atoms. The average Bonchev–Trinajstić information content (AvgIpc) is 2.62. The van der Waals surface area contributed by atoms with Crippen molar-refractivity contribution < 1.29 is 4.42 Å². The molecule has 0 aliphatic carbocycles. The van der Waals surface area contributed by atoms with Gasteiger partial charge in [-0.1, -0.05) is 0 Å². The highest BCUT2D eigenvalue weighted by molar-refractivity contribution is 9.10. The number of aromatic nitrogens is 3. The van der Waals surface area contributed by atoms with E-state index in [1.165, 1.54) is 11.0 Å². The Hall–Kier alpha value is -1.30. The molecule has 68 valence electrons. The molecule has 0 aliphatic heterocycles. The molecule has 2 rings (SSSR count). The summed E-state index contributed by atoms with van der Waals surface area (Å²) in [5.41, 5.74) is 5.40. The van der Waals surface area contributed by atoms with Crippen molar-refractivity contribution in [3.05, 3.63) is 28.8 Å². The van der Waals surface area contributed by atoms with Crippen LogP contribution in [0.15, 0.2) is 27.4 Å². The van der Waals surface area contributed by atoms with Crippen LogP contribution in [0.1, 0.15) is 5.76 Å². The maximum absolute atomic E-state index is 5.40. The van der Waals surface area contributed by atoms with Crippen molar-refractivity contribution in [3.8, 4) is 0 Å². The van der Waals surface area contributed by atoms with Crippen molar-refractivity contribution in [3.63, 3.8) is 0 Å². The SMILES string of the molecule is Nc1cnn(Cc2ccc(Br)o2)n1. The molecular formula is C7H7BrN4O. The highest BCUT2D eigenvalue weighted by atomic mass is 79.9. The minimum absolute atomic E-state index is 0.408. The molecule has 0 atom stereocenters. The fourth-order valence-corrected chi connectivity index (χ4v) is 1.30. The van der Waals surface area contributed by atoms with E-state index in [1.54, 1.807) is 0 Å². The molecule has 2 N–H and O–H groups in total. The Kier molecular flexibility index (Phi) is 2.05. The number of halogens is 1. The molecule has 6 heteroatoms. The zero-order valence-electron chi connectivity index (χ0n) is 6.64. The van der Waals surface area contributed by atoms with Gasteiger partial charge in [-0.05, 0) is 28.1 Å². The molecule has 0 amide bonds. The van der Waals surface area contributed by atoms with Crippen LogP contribution < -0.4 is 5.73 Å². The third-order valence-corrected chi connectivity index (χ3v) is 1.91. The second kappa shape index (κ2) is 3.21. The van der Waals surface area contributed by atoms with Gasteiger partial charge in [0.1, 0.15) is 12.3 Å². The standard InChI is InChI=1S/C7H7BrN4O/c8-6-2-1-5(13-6)4-12-10-3-7(9)11-12/h1-3H,4H2,(H2,9,11). The van der Waals surface area contributed by atoms with E-state index in [9.17, 15) is 0 Å². The van der Waals surface area contributed by atoms with E-state index < -0.39 is 0 Å². The maximum atomic E-state index is 5.40. The van der Waals surface area contributed by atoms with Crippen LogP contribution in [0.5, 0.6) is 0 Å². The number of hydrogen-bond donors (Lipinski definition) is 1. The van der Waals surface area contributed by atoms with Crippen molar-refractivity contribution >= 4 is 21.7 Å². The first-order valence-electron chi connectivity index (χ1n) is 3.64. The normalized spacial score (nSPS) is 10.5. The highest BCUT2D eigenvalue weighted by Crippen LogP contribution is 2.14. The van der Waals surface area contributed by atoms with Crippen LogP contribution in [0.3, 0.4) is 0 Å². The van der Waals surface area contributed by atoms with Gasteiger partial charge in [-0.2, -0.15) is 9.90 Å². The summed E-state index contributed by atoms with van der Waals surface area (Å²) < 4.78 is 5.97. The minimum atomic E-state index is 0.408. The van der Waals surface area contributed by atoms with Crippen molar-refractivity contribution in [2.45, 2.75) is 6.54 Å². The maximum Gasteiger partial charge on any atom is 0.169 e. The number of hydrogen-bond acceptors (Lipinski definition) is 4. The number of nitrogen functional groups attached to an aromatic ring is 1. The van der Waals surface area contributed by atoms with Crippen molar-refractivity contribution in [1.82, 2.24) is 15.0 Å². The second-order valence-corrected chi connectivity index (χ2v) is 3.29. The second-order valence-electron chi connectivity index (χ2n) is 2.51. The first-order valence-corrected chi connectivity index (χ1v) is 4.43. The van der Waals surface area contributed by atoms with Gasteiger partial charge in [0.15, 0.2) is 10.5 Å². The lowest BCUT2D eigenvalue weighted by Gasteiger charge is -1.93. The Balaban J connectivity index is 2.14. The predicted molar refractivity (Wildman–Crippen MR) is 49.9 cm³/mol. The monoisotopic (exact) mass is 242 g/mol. The van der Waals surface area contributed by atoms with E-state index in [-0.39, 0.29) is 0 Å². The van der Waals surface area contributed by atoms with Gasteiger partial charge in [-0.25, -0.2) is 0 Å². The summed E-state index contributed by atoms with van der Waals surface area (Å²) >= 11 is 3.21. The highest BCUT2D eigenvalue weighted by Gasteiger charge is 2.02. The topological polar surface area (TPSA) is 69.9 Å². The van der Waals surface area contributed by atoms with Crippen LogP contribution in [0.2, 0.25) is 0 Å². The summed E-state index contributed by atoms with van der Waals surface area (Å²) in [6.07, 6.45) is 1.50. The Morgan fingerprint density at radius 1 is 1.54 bits per heavy atom. The lowest BCUT2D eigenvalue weighted by atomic mass is 10.5. The molecule has 0 fully saturated rings. The van der Waals surface area contributed by atoms with Crippen LogP contribution in [0, 0.1) is 0 Å². The smallest absolute Gasteiger partial charge is 0.169 e. The Morgan fingerprint density at radius 3 is 2.92 bits per heavy atom. The molecule has 0 saturated carbocycles. The zero-order valence-corrected chi connectivity index (χ0v) is 8.23. The number of anilines is 1. The van der Waals surface area contributed by atoms with Crippen molar-refractivity contribution in [1.29, 1.82) is 0 Å². The molecule has 5 nitrogen and oxygen atoms in total. The first-order chi connectivity index (χ1) is 6.24. The van der Waals surface area contributed by atoms with E-state index in [2.05, 4.69) is 26.1 Å². The predicted octanol–water partition coefficient (Wildman–Crippen LogP) is 1.26. The van der Waals surface area contributed by atoms with Crippen LogP contribution in [-0.2, 0) is 6.54 Å². The van der Waals surface area contributed by atoms with Gasteiger partial charge < -0.3 is 10.2 Å². The molecule has 2 aromatic heterocycles. The summed E-state index contributed by atoms with van der Waals surface area (Å²) in [6, 6.07) is 3.67. The van der Waals surface area contributed by atoms with Gasteiger partial charge in [-0.15, -0.1) is 5.10 Å². The summed E-state index contributed by atoms with van der Waals surface area (Å²) in [7, 11) is 0. The molecule has 0 aliphatic rings. The van der Waals surface area contributed by atoms with Gasteiger partial charge in [0.2, 0.25) is 0 Å². The Bertz CT molecular complexity index is 370. The van der Waals surface area contributed by atoms with E-state index in [0.29, 0.717) is 17.0 Å². The lowest BCUT2D eigenvalue weighted by Crippen LogP contribution is -2.03. The molecule has 2 heterocycles. The fraction of sp³-hybridized carbons (Fsp3) is 0.143. The molecule has 0 radical (unpaired) electrons. The number of rotatable bonds is 2. The quantitative estimate of drug-likeness (QED) is 0.861. The van der Waals surface area contributed by atoms with Gasteiger partial charge in [0.05, 0.1) is 6.20 Å². The van der Waals surface area contributed by atoms with E-state index >= 15 is 0 Å². The molecule has 0 saturated heterocycles. The number of nitrogens with zero attached hydrogens (tertiary/aromatic N) is 3. The largest absolute Gasteiger partial charge is 0.452 e.